The van der Waals surface area contributed by atoms with E-state index in [0.717, 1.165) is 16.2 Å². The average molecular weight is 585 g/mol. The molecule has 1 fully saturated rings. The van der Waals surface area contributed by atoms with Gasteiger partial charge in [0.15, 0.2) is 0 Å². The summed E-state index contributed by atoms with van der Waals surface area (Å²) in [5, 5.41) is 13.1. The maximum Gasteiger partial charge on any atom is 0.407 e. The molecular weight excluding hydrogens is 548 g/mol. The number of hydrogen-bond donors (Lipinski definition) is 2. The second-order valence-electron chi connectivity index (χ2n) is 11.0. The predicted molar refractivity (Wildman–Crippen MR) is 146 cm³/mol. The van der Waals surface area contributed by atoms with E-state index in [-0.39, 0.29) is 24.0 Å². The SMILES string of the molecule is CC(C)(C)OC(=O)NCCOCCOCCn1cc(CCc2ccc3c(c2)C(=O)N(C2CCC(=O)NC2=O)C3=O)nn1. The molecule has 0 spiro atoms. The van der Waals surface area contributed by atoms with Crippen LogP contribution in [-0.2, 0) is 43.2 Å². The number of hydrogen-bond acceptors (Lipinski definition) is 10. The van der Waals surface area contributed by atoms with Crippen molar-refractivity contribution < 1.29 is 38.2 Å². The second-order valence-corrected chi connectivity index (χ2v) is 11.0. The summed E-state index contributed by atoms with van der Waals surface area (Å²) in [6, 6.07) is 4.08. The van der Waals surface area contributed by atoms with Crippen molar-refractivity contribution >= 4 is 29.7 Å². The number of nitrogens with zero attached hydrogens (tertiary/aromatic N) is 4. The van der Waals surface area contributed by atoms with Crippen molar-refractivity contribution in [3.63, 3.8) is 0 Å². The first-order valence-corrected chi connectivity index (χ1v) is 13.9. The largest absolute Gasteiger partial charge is 0.444 e. The Hall–Kier alpha value is -4.17. The third kappa shape index (κ3) is 8.19. The lowest BCUT2D eigenvalue weighted by Gasteiger charge is -2.27. The number of carbonyl (C=O) groups is 5. The number of aromatic nitrogens is 3. The number of ether oxygens (including phenoxy) is 3. The van der Waals surface area contributed by atoms with Crippen LogP contribution in [0.4, 0.5) is 4.79 Å². The first kappa shape index (κ1) is 30.8. The van der Waals surface area contributed by atoms with Gasteiger partial charge in [0.2, 0.25) is 11.8 Å². The summed E-state index contributed by atoms with van der Waals surface area (Å²) in [5.74, 6) is -2.09. The molecule has 2 N–H and O–H groups in total. The molecule has 0 aliphatic carbocycles. The van der Waals surface area contributed by atoms with Crippen molar-refractivity contribution in [3.8, 4) is 0 Å². The van der Waals surface area contributed by atoms with Gasteiger partial charge in [0, 0.05) is 19.2 Å². The van der Waals surface area contributed by atoms with E-state index in [1.807, 2.05) is 6.20 Å². The molecule has 1 unspecified atom stereocenters. The molecule has 3 heterocycles. The quantitative estimate of drug-likeness (QED) is 0.256. The summed E-state index contributed by atoms with van der Waals surface area (Å²) in [7, 11) is 0. The fraction of sp³-hybridized carbons (Fsp3) is 0.536. The smallest absolute Gasteiger partial charge is 0.407 e. The maximum absolute atomic E-state index is 13.0. The third-order valence-electron chi connectivity index (χ3n) is 6.51. The Kier molecular flexibility index (Phi) is 10.0. The Morgan fingerprint density at radius 1 is 1.02 bits per heavy atom. The van der Waals surface area contributed by atoms with Gasteiger partial charge < -0.3 is 19.5 Å². The lowest BCUT2D eigenvalue weighted by atomic mass is 10.0. The highest BCUT2D eigenvalue weighted by atomic mass is 16.6. The summed E-state index contributed by atoms with van der Waals surface area (Å²) in [5.41, 5.74) is 1.58. The number of piperidine rings is 1. The molecule has 14 heteroatoms. The molecule has 2 aromatic rings. The van der Waals surface area contributed by atoms with E-state index < -0.39 is 41.4 Å². The lowest BCUT2D eigenvalue weighted by Crippen LogP contribution is -2.54. The van der Waals surface area contributed by atoms with E-state index in [9.17, 15) is 24.0 Å². The molecule has 0 bridgehead atoms. The van der Waals surface area contributed by atoms with Crippen LogP contribution in [0.25, 0.3) is 0 Å². The Balaban J connectivity index is 1.14. The molecule has 5 amide bonds. The molecule has 1 atom stereocenters. The van der Waals surface area contributed by atoms with Gasteiger partial charge in [-0.1, -0.05) is 11.3 Å². The number of benzene rings is 1. The van der Waals surface area contributed by atoms with Crippen molar-refractivity contribution in [1.29, 1.82) is 0 Å². The van der Waals surface area contributed by atoms with Crippen LogP contribution in [0.2, 0.25) is 0 Å². The van der Waals surface area contributed by atoms with E-state index in [1.54, 1.807) is 43.7 Å². The Morgan fingerprint density at radius 2 is 1.76 bits per heavy atom. The number of imide groups is 2. The summed E-state index contributed by atoms with van der Waals surface area (Å²) in [6.07, 6.45) is 2.69. The molecule has 14 nitrogen and oxygen atoms in total. The topological polar surface area (TPSA) is 171 Å². The lowest BCUT2D eigenvalue weighted by molar-refractivity contribution is -0.136. The van der Waals surface area contributed by atoms with Gasteiger partial charge >= 0.3 is 6.09 Å². The molecular formula is C28H36N6O8. The molecule has 0 radical (unpaired) electrons. The normalized spacial score (nSPS) is 16.9. The van der Waals surface area contributed by atoms with Gasteiger partial charge in [-0.15, -0.1) is 5.10 Å². The highest BCUT2D eigenvalue weighted by Gasteiger charge is 2.44. The van der Waals surface area contributed by atoms with Crippen molar-refractivity contribution in [2.24, 2.45) is 0 Å². The average Bonchev–Trinajstić information content (AvgIpc) is 3.47. The molecule has 2 aliphatic rings. The number of amides is 5. The number of fused-ring (bicyclic) bond motifs is 1. The number of rotatable bonds is 13. The first-order chi connectivity index (χ1) is 20.0. The van der Waals surface area contributed by atoms with Crippen LogP contribution in [0.3, 0.4) is 0 Å². The minimum atomic E-state index is -0.988. The molecule has 0 saturated carbocycles. The molecule has 2 aliphatic heterocycles. The summed E-state index contributed by atoms with van der Waals surface area (Å²) in [4.78, 5) is 62.1. The molecule has 1 aromatic carbocycles. The fourth-order valence-corrected chi connectivity index (χ4v) is 4.53. The Labute approximate surface area is 243 Å². The van der Waals surface area contributed by atoms with Gasteiger partial charge in [0.1, 0.15) is 11.6 Å². The van der Waals surface area contributed by atoms with E-state index in [4.69, 9.17) is 14.2 Å². The van der Waals surface area contributed by atoms with Crippen molar-refractivity contribution in [2.45, 2.75) is 64.6 Å². The number of aryl methyl sites for hydroxylation is 2. The fourth-order valence-electron chi connectivity index (χ4n) is 4.53. The minimum absolute atomic E-state index is 0.0763. The number of carbonyl (C=O) groups excluding carboxylic acids is 5. The van der Waals surface area contributed by atoms with Gasteiger partial charge in [-0.05, 0) is 57.7 Å². The van der Waals surface area contributed by atoms with Crippen molar-refractivity contribution in [2.75, 3.05) is 33.0 Å². The van der Waals surface area contributed by atoms with Crippen LogP contribution in [0, 0.1) is 0 Å². The van der Waals surface area contributed by atoms with Crippen LogP contribution >= 0.6 is 0 Å². The zero-order chi connectivity index (χ0) is 30.3. The molecule has 4 rings (SSSR count). The van der Waals surface area contributed by atoms with Crippen molar-refractivity contribution in [3.05, 3.63) is 46.8 Å². The predicted octanol–water partition coefficient (Wildman–Crippen LogP) is 1.02. The summed E-state index contributed by atoms with van der Waals surface area (Å²) >= 11 is 0. The van der Waals surface area contributed by atoms with E-state index >= 15 is 0 Å². The minimum Gasteiger partial charge on any atom is -0.444 e. The highest BCUT2D eigenvalue weighted by molar-refractivity contribution is 6.23. The van der Waals surface area contributed by atoms with E-state index in [0.29, 0.717) is 52.4 Å². The Bertz CT molecular complexity index is 1330. The summed E-state index contributed by atoms with van der Waals surface area (Å²) < 4.78 is 17.8. The van der Waals surface area contributed by atoms with Gasteiger partial charge in [-0.3, -0.25) is 29.4 Å². The zero-order valence-corrected chi connectivity index (χ0v) is 24.0. The van der Waals surface area contributed by atoms with Crippen LogP contribution in [0.15, 0.2) is 24.4 Å². The Morgan fingerprint density at radius 3 is 2.50 bits per heavy atom. The van der Waals surface area contributed by atoms with E-state index in [2.05, 4.69) is 20.9 Å². The van der Waals surface area contributed by atoms with Gasteiger partial charge in [0.25, 0.3) is 11.8 Å². The third-order valence-corrected chi connectivity index (χ3v) is 6.51. The zero-order valence-electron chi connectivity index (χ0n) is 24.0. The highest BCUT2D eigenvalue weighted by Crippen LogP contribution is 2.28. The number of nitrogens with one attached hydrogen (secondary N) is 2. The molecule has 226 valence electrons. The number of alkyl carbamates (subject to hydrolysis) is 1. The molecule has 1 aromatic heterocycles. The van der Waals surface area contributed by atoms with Gasteiger partial charge in [0.05, 0.1) is 49.8 Å². The maximum atomic E-state index is 13.0. The monoisotopic (exact) mass is 584 g/mol. The van der Waals surface area contributed by atoms with Crippen LogP contribution < -0.4 is 10.6 Å². The summed E-state index contributed by atoms with van der Waals surface area (Å²) in [6.45, 7) is 7.81. The van der Waals surface area contributed by atoms with Crippen molar-refractivity contribution in [1.82, 2.24) is 30.5 Å². The van der Waals surface area contributed by atoms with E-state index in [1.165, 1.54) is 0 Å². The van der Waals surface area contributed by atoms with Crippen LogP contribution in [0.1, 0.15) is 65.6 Å². The molecule has 1 saturated heterocycles. The second kappa shape index (κ2) is 13.7. The standard InChI is InChI=1S/C28H36N6O8/c1-28(2,3)42-27(39)29-10-12-40-14-15-41-13-11-33-17-19(31-32-33)6-4-18-5-7-20-21(16-18)26(38)34(25(20)37)22-8-9-23(35)30-24(22)36/h5,7,16-17,22H,4,6,8-15H2,1-3H3,(H,29,39)(H,30,35,36). The molecule has 42 heavy (non-hydrogen) atoms. The van der Waals surface area contributed by atoms with Crippen LogP contribution in [0.5, 0.6) is 0 Å². The van der Waals surface area contributed by atoms with Crippen LogP contribution in [-0.4, -0.2) is 94.2 Å². The van der Waals surface area contributed by atoms with Gasteiger partial charge in [-0.25, -0.2) is 9.48 Å². The van der Waals surface area contributed by atoms with Gasteiger partial charge in [-0.2, -0.15) is 0 Å². The first-order valence-electron chi connectivity index (χ1n) is 13.9.